The molecule has 0 bridgehead atoms. The second kappa shape index (κ2) is 10.1. The van der Waals surface area contributed by atoms with Crippen molar-refractivity contribution in [2.45, 2.75) is 58.8 Å². The van der Waals surface area contributed by atoms with Crippen molar-refractivity contribution in [3.05, 3.63) is 77.1 Å². The van der Waals surface area contributed by atoms with E-state index in [1.165, 1.54) is 5.56 Å². The van der Waals surface area contributed by atoms with Gasteiger partial charge in [-0.2, -0.15) is 13.2 Å². The van der Waals surface area contributed by atoms with Crippen molar-refractivity contribution < 1.29 is 13.2 Å². The zero-order chi connectivity index (χ0) is 27.0. The van der Waals surface area contributed by atoms with Gasteiger partial charge in [0.2, 0.25) is 0 Å². The first-order valence-electron chi connectivity index (χ1n) is 12.8. The van der Waals surface area contributed by atoms with Crippen molar-refractivity contribution in [2.75, 3.05) is 17.2 Å². The fourth-order valence-corrected chi connectivity index (χ4v) is 4.74. The van der Waals surface area contributed by atoms with Gasteiger partial charge in [0, 0.05) is 42.0 Å². The van der Waals surface area contributed by atoms with E-state index in [4.69, 9.17) is 9.97 Å². The summed E-state index contributed by atoms with van der Waals surface area (Å²) in [5, 5.41) is 6.84. The lowest BCUT2D eigenvalue weighted by Gasteiger charge is -2.15. The van der Waals surface area contributed by atoms with Crippen LogP contribution in [0.25, 0.3) is 22.8 Å². The lowest BCUT2D eigenvalue weighted by atomic mass is 9.97. The maximum absolute atomic E-state index is 13.3. The predicted molar refractivity (Wildman–Crippen MR) is 144 cm³/mol. The lowest BCUT2D eigenvalue weighted by molar-refractivity contribution is -0.140. The molecule has 0 amide bonds. The smallest absolute Gasteiger partial charge is 0.369 e. The Morgan fingerprint density at radius 2 is 1.71 bits per heavy atom. The van der Waals surface area contributed by atoms with Gasteiger partial charge in [0.1, 0.15) is 17.5 Å². The largest absolute Gasteiger partial charge is 0.434 e. The number of hydrogen-bond donors (Lipinski definition) is 2. The number of anilines is 2. The van der Waals surface area contributed by atoms with Crippen LogP contribution in [0.15, 0.2) is 54.7 Å². The zero-order valence-electron chi connectivity index (χ0n) is 21.9. The minimum absolute atomic E-state index is 0.154. The van der Waals surface area contributed by atoms with Crippen LogP contribution < -0.4 is 10.6 Å². The van der Waals surface area contributed by atoms with E-state index in [-0.39, 0.29) is 6.04 Å². The second-order valence-corrected chi connectivity index (χ2v) is 10.1. The monoisotopic (exact) mass is 520 g/mol. The third-order valence-corrected chi connectivity index (χ3v) is 6.75. The fraction of sp³-hybridized carbons (Fsp3) is 0.345. The van der Waals surface area contributed by atoms with E-state index in [1.54, 1.807) is 4.57 Å². The van der Waals surface area contributed by atoms with Gasteiger partial charge in [-0.25, -0.2) is 15.0 Å². The molecule has 0 atom stereocenters. The normalized spacial score (nSPS) is 13.2. The SMILES string of the molecule is CC(C)c1ccccc1-c1nc2c(c(NCc3ccc(-c4nc(C(F)(F)F)cn4C(C)C)cc3)n1)CCN2. The molecule has 2 aromatic heterocycles. The molecule has 0 fully saturated rings. The molecule has 5 rings (SSSR count). The minimum atomic E-state index is -4.49. The molecule has 38 heavy (non-hydrogen) atoms. The van der Waals surface area contributed by atoms with Crippen LogP contribution in [0.3, 0.4) is 0 Å². The van der Waals surface area contributed by atoms with Gasteiger partial charge < -0.3 is 15.2 Å². The predicted octanol–water partition coefficient (Wildman–Crippen LogP) is 7.31. The van der Waals surface area contributed by atoms with Gasteiger partial charge in [-0.05, 0) is 37.3 Å². The highest BCUT2D eigenvalue weighted by Crippen LogP contribution is 2.34. The van der Waals surface area contributed by atoms with Crippen LogP contribution in [0.5, 0.6) is 0 Å². The molecule has 0 radical (unpaired) electrons. The van der Waals surface area contributed by atoms with E-state index in [0.717, 1.165) is 47.5 Å². The third-order valence-electron chi connectivity index (χ3n) is 6.75. The number of imidazole rings is 1. The number of fused-ring (bicyclic) bond motifs is 1. The summed E-state index contributed by atoms with van der Waals surface area (Å²) in [7, 11) is 0. The summed E-state index contributed by atoms with van der Waals surface area (Å²) in [6.07, 6.45) is -2.57. The first-order chi connectivity index (χ1) is 18.1. The first kappa shape index (κ1) is 25.8. The van der Waals surface area contributed by atoms with Crippen LogP contribution >= 0.6 is 0 Å². The average Bonchev–Trinajstić information content (AvgIpc) is 3.55. The van der Waals surface area contributed by atoms with E-state index < -0.39 is 11.9 Å². The maximum Gasteiger partial charge on any atom is 0.434 e. The van der Waals surface area contributed by atoms with Crippen LogP contribution in [0.4, 0.5) is 24.8 Å². The molecule has 0 saturated heterocycles. The Morgan fingerprint density at radius 1 is 0.974 bits per heavy atom. The number of alkyl halides is 3. The van der Waals surface area contributed by atoms with Gasteiger partial charge in [0.15, 0.2) is 11.5 Å². The molecule has 2 N–H and O–H groups in total. The van der Waals surface area contributed by atoms with Gasteiger partial charge in [-0.15, -0.1) is 0 Å². The van der Waals surface area contributed by atoms with Crippen LogP contribution in [-0.4, -0.2) is 26.1 Å². The van der Waals surface area contributed by atoms with E-state index >= 15 is 0 Å². The quantitative estimate of drug-likeness (QED) is 0.267. The van der Waals surface area contributed by atoms with Crippen molar-refractivity contribution in [3.8, 4) is 22.8 Å². The number of hydrogen-bond acceptors (Lipinski definition) is 5. The highest BCUT2D eigenvalue weighted by molar-refractivity contribution is 5.70. The summed E-state index contributed by atoms with van der Waals surface area (Å²) in [5.41, 5.74) is 4.01. The van der Waals surface area contributed by atoms with Gasteiger partial charge in [0.05, 0.1) is 0 Å². The van der Waals surface area contributed by atoms with Crippen molar-refractivity contribution >= 4 is 11.6 Å². The highest BCUT2D eigenvalue weighted by atomic mass is 19.4. The zero-order valence-corrected chi connectivity index (χ0v) is 21.9. The molecule has 4 aromatic rings. The van der Waals surface area contributed by atoms with Gasteiger partial charge in [-0.3, -0.25) is 0 Å². The Hall–Kier alpha value is -3.88. The molecule has 3 heterocycles. The van der Waals surface area contributed by atoms with Gasteiger partial charge >= 0.3 is 6.18 Å². The number of aromatic nitrogens is 4. The molecule has 0 saturated carbocycles. The number of rotatable bonds is 7. The molecule has 9 heteroatoms. The van der Waals surface area contributed by atoms with E-state index in [9.17, 15) is 13.2 Å². The standard InChI is InChI=1S/C29H31F3N6/c1-17(2)21-7-5-6-8-22(21)27-36-25-23(13-14-33-25)26(37-27)34-15-19-9-11-20(12-10-19)28-35-24(29(30,31)32)16-38(28)18(3)4/h5-12,16-18H,13-15H2,1-4H3,(H2,33,34,36,37). The molecule has 0 unspecified atom stereocenters. The van der Waals surface area contributed by atoms with Crippen LogP contribution in [0.1, 0.15) is 62.0 Å². The molecule has 0 aliphatic carbocycles. The summed E-state index contributed by atoms with van der Waals surface area (Å²) in [6.45, 7) is 9.32. The Balaban J connectivity index is 1.40. The number of nitrogens with one attached hydrogen (secondary N) is 2. The van der Waals surface area contributed by atoms with E-state index in [0.29, 0.717) is 29.7 Å². The number of nitrogens with zero attached hydrogens (tertiary/aromatic N) is 4. The molecular formula is C29H31F3N6. The molecule has 1 aliphatic heterocycles. The van der Waals surface area contributed by atoms with Crippen molar-refractivity contribution in [2.24, 2.45) is 0 Å². The van der Waals surface area contributed by atoms with Crippen LogP contribution in [0.2, 0.25) is 0 Å². The summed E-state index contributed by atoms with van der Waals surface area (Å²) in [5.74, 6) is 2.97. The van der Waals surface area contributed by atoms with E-state index in [1.807, 2.05) is 50.2 Å². The van der Waals surface area contributed by atoms with Crippen LogP contribution in [0, 0.1) is 0 Å². The molecule has 0 spiro atoms. The van der Waals surface area contributed by atoms with Gasteiger partial charge in [-0.1, -0.05) is 62.4 Å². The van der Waals surface area contributed by atoms with E-state index in [2.05, 4.69) is 41.6 Å². The summed E-state index contributed by atoms with van der Waals surface area (Å²) in [4.78, 5) is 13.6. The molecule has 1 aliphatic rings. The third kappa shape index (κ3) is 5.10. The number of benzene rings is 2. The Labute approximate surface area is 220 Å². The summed E-state index contributed by atoms with van der Waals surface area (Å²) in [6, 6.07) is 15.5. The minimum Gasteiger partial charge on any atom is -0.369 e. The van der Waals surface area contributed by atoms with Crippen molar-refractivity contribution in [1.82, 2.24) is 19.5 Å². The van der Waals surface area contributed by atoms with Crippen LogP contribution in [-0.2, 0) is 19.1 Å². The highest BCUT2D eigenvalue weighted by Gasteiger charge is 2.35. The Bertz CT molecular complexity index is 1440. The van der Waals surface area contributed by atoms with Crippen molar-refractivity contribution in [1.29, 1.82) is 0 Å². The molecule has 2 aromatic carbocycles. The van der Waals surface area contributed by atoms with Gasteiger partial charge in [0.25, 0.3) is 0 Å². The second-order valence-electron chi connectivity index (χ2n) is 10.1. The average molecular weight is 521 g/mol. The molecular weight excluding hydrogens is 489 g/mol. The maximum atomic E-state index is 13.3. The van der Waals surface area contributed by atoms with Crippen molar-refractivity contribution in [3.63, 3.8) is 0 Å². The summed E-state index contributed by atoms with van der Waals surface area (Å²) >= 11 is 0. The molecule has 6 nitrogen and oxygen atoms in total. The Kier molecular flexibility index (Phi) is 6.86. The topological polar surface area (TPSA) is 67.7 Å². The first-order valence-corrected chi connectivity index (χ1v) is 12.8. The fourth-order valence-electron chi connectivity index (χ4n) is 4.74. The number of halogens is 3. The Morgan fingerprint density at radius 3 is 2.39 bits per heavy atom. The lowest BCUT2D eigenvalue weighted by Crippen LogP contribution is -2.07. The summed E-state index contributed by atoms with van der Waals surface area (Å²) < 4.78 is 41.4. The molecule has 198 valence electrons.